The van der Waals surface area contributed by atoms with E-state index in [2.05, 4.69) is 4.98 Å². The number of fused-ring (bicyclic) bond motifs is 1. The fraction of sp³-hybridized carbons (Fsp3) is 0.118. The molecule has 0 amide bonds. The Kier molecular flexibility index (Phi) is 4.34. The first-order valence-electron chi connectivity index (χ1n) is 7.05. The molecule has 2 aromatic carbocycles. The molecule has 5 nitrogen and oxygen atoms in total. The van der Waals surface area contributed by atoms with Crippen molar-refractivity contribution in [2.75, 3.05) is 7.11 Å². The van der Waals surface area contributed by atoms with Gasteiger partial charge < -0.3 is 8.92 Å². The van der Waals surface area contributed by atoms with Crippen LogP contribution in [-0.4, -0.2) is 20.5 Å². The molecule has 0 aliphatic carbocycles. The smallest absolute Gasteiger partial charge is 0.339 e. The number of pyridine rings is 1. The van der Waals surface area contributed by atoms with Crippen molar-refractivity contribution in [2.45, 2.75) is 11.8 Å². The number of methoxy groups -OCH3 is 1. The van der Waals surface area contributed by atoms with Gasteiger partial charge in [0.2, 0.25) is 0 Å². The Balaban J connectivity index is 2.04. The Labute approximate surface area is 144 Å². The number of benzene rings is 2. The normalized spacial score (nSPS) is 11.5. The summed E-state index contributed by atoms with van der Waals surface area (Å²) in [6.07, 6.45) is 1.55. The van der Waals surface area contributed by atoms with E-state index in [0.29, 0.717) is 27.2 Å². The number of nitrogens with zero attached hydrogens (tertiary/aromatic N) is 1. The zero-order valence-corrected chi connectivity index (χ0v) is 14.6. The second kappa shape index (κ2) is 6.30. The van der Waals surface area contributed by atoms with E-state index < -0.39 is 10.1 Å². The van der Waals surface area contributed by atoms with Gasteiger partial charge in [-0.05, 0) is 55.0 Å². The first-order chi connectivity index (χ1) is 11.4. The quantitative estimate of drug-likeness (QED) is 0.656. The van der Waals surface area contributed by atoms with Crippen molar-refractivity contribution in [3.63, 3.8) is 0 Å². The lowest BCUT2D eigenvalue weighted by molar-refractivity contribution is 0.411. The fourth-order valence-corrected chi connectivity index (χ4v) is 3.59. The zero-order valence-electron chi connectivity index (χ0n) is 13.0. The second-order valence-corrected chi connectivity index (χ2v) is 7.07. The van der Waals surface area contributed by atoms with Gasteiger partial charge in [0.05, 0.1) is 12.1 Å². The minimum absolute atomic E-state index is 0.0415. The minimum atomic E-state index is -4.00. The molecule has 0 aliphatic heterocycles. The van der Waals surface area contributed by atoms with E-state index in [4.69, 9.17) is 20.5 Å². The summed E-state index contributed by atoms with van der Waals surface area (Å²) in [5.74, 6) is 0.732. The molecule has 0 saturated carbocycles. The van der Waals surface area contributed by atoms with Gasteiger partial charge in [-0.25, -0.2) is 0 Å². The third-order valence-corrected chi connectivity index (χ3v) is 5.09. The lowest BCUT2D eigenvalue weighted by Gasteiger charge is -2.11. The van der Waals surface area contributed by atoms with Crippen LogP contribution in [-0.2, 0) is 10.1 Å². The van der Waals surface area contributed by atoms with Crippen LogP contribution in [0.1, 0.15) is 5.56 Å². The average Bonchev–Trinajstić information content (AvgIpc) is 2.57. The number of rotatable bonds is 4. The molecule has 0 aliphatic rings. The van der Waals surface area contributed by atoms with Crippen LogP contribution in [0.3, 0.4) is 0 Å². The van der Waals surface area contributed by atoms with Crippen molar-refractivity contribution in [3.8, 4) is 11.5 Å². The monoisotopic (exact) mass is 363 g/mol. The average molecular weight is 364 g/mol. The number of hydrogen-bond acceptors (Lipinski definition) is 5. The van der Waals surface area contributed by atoms with Gasteiger partial charge in [0.25, 0.3) is 0 Å². The van der Waals surface area contributed by atoms with Crippen LogP contribution in [0, 0.1) is 6.92 Å². The van der Waals surface area contributed by atoms with Gasteiger partial charge in [-0.1, -0.05) is 11.6 Å². The molecule has 1 heterocycles. The fourth-order valence-electron chi connectivity index (χ4n) is 2.35. The van der Waals surface area contributed by atoms with Crippen molar-refractivity contribution in [1.29, 1.82) is 0 Å². The molecule has 0 fully saturated rings. The lowest BCUT2D eigenvalue weighted by atomic mass is 10.2. The van der Waals surface area contributed by atoms with Gasteiger partial charge in [0.1, 0.15) is 16.2 Å². The summed E-state index contributed by atoms with van der Waals surface area (Å²) in [4.78, 5) is 4.21. The molecule has 0 radical (unpaired) electrons. The minimum Gasteiger partial charge on any atom is -0.496 e. The number of halogens is 1. The van der Waals surface area contributed by atoms with Crippen molar-refractivity contribution >= 4 is 32.6 Å². The molecule has 3 rings (SSSR count). The molecule has 24 heavy (non-hydrogen) atoms. The Morgan fingerprint density at radius 1 is 1.08 bits per heavy atom. The van der Waals surface area contributed by atoms with E-state index in [1.54, 1.807) is 37.4 Å². The SMILES string of the molecule is COc1ccc(S(=O)(=O)Oc2ccc(Cl)c3cccnc23)cc1C. The highest BCUT2D eigenvalue weighted by atomic mass is 35.5. The van der Waals surface area contributed by atoms with Crippen LogP contribution in [0.2, 0.25) is 5.02 Å². The van der Waals surface area contributed by atoms with Crippen LogP contribution >= 0.6 is 11.6 Å². The first-order valence-corrected chi connectivity index (χ1v) is 8.83. The van der Waals surface area contributed by atoms with E-state index in [1.807, 2.05) is 0 Å². The standard InChI is InChI=1S/C17H14ClNO4S/c1-11-10-12(5-7-15(11)22-2)24(20,21)23-16-8-6-14(18)13-4-3-9-19-17(13)16/h3-10H,1-2H3. The van der Waals surface area contributed by atoms with Gasteiger partial charge in [0, 0.05) is 11.6 Å². The third kappa shape index (κ3) is 3.02. The van der Waals surface area contributed by atoms with Gasteiger partial charge in [-0.15, -0.1) is 0 Å². The number of ether oxygens (including phenoxy) is 1. The molecule has 7 heteroatoms. The van der Waals surface area contributed by atoms with Crippen LogP contribution < -0.4 is 8.92 Å². The van der Waals surface area contributed by atoms with E-state index >= 15 is 0 Å². The number of aryl methyl sites for hydroxylation is 1. The highest BCUT2D eigenvalue weighted by molar-refractivity contribution is 7.87. The Hall–Kier alpha value is -2.31. The van der Waals surface area contributed by atoms with E-state index in [0.717, 1.165) is 0 Å². The van der Waals surface area contributed by atoms with Crippen LogP contribution in [0.25, 0.3) is 10.9 Å². The van der Waals surface area contributed by atoms with Gasteiger partial charge in [-0.2, -0.15) is 8.42 Å². The van der Waals surface area contributed by atoms with E-state index in [-0.39, 0.29) is 10.6 Å². The Morgan fingerprint density at radius 3 is 2.54 bits per heavy atom. The maximum atomic E-state index is 12.6. The highest BCUT2D eigenvalue weighted by Crippen LogP contribution is 2.32. The summed E-state index contributed by atoms with van der Waals surface area (Å²) in [5.41, 5.74) is 1.08. The summed E-state index contributed by atoms with van der Waals surface area (Å²) < 4.78 is 35.6. The maximum Gasteiger partial charge on any atom is 0.339 e. The number of hydrogen-bond donors (Lipinski definition) is 0. The molecule has 3 aromatic rings. The zero-order chi connectivity index (χ0) is 17.3. The predicted molar refractivity (Wildman–Crippen MR) is 92.3 cm³/mol. The topological polar surface area (TPSA) is 65.5 Å². The summed E-state index contributed by atoms with van der Waals surface area (Å²) in [5, 5.41) is 1.10. The molecule has 1 aromatic heterocycles. The summed E-state index contributed by atoms with van der Waals surface area (Å²) in [7, 11) is -2.48. The van der Waals surface area contributed by atoms with Crippen molar-refractivity contribution in [2.24, 2.45) is 0 Å². The van der Waals surface area contributed by atoms with E-state index in [1.165, 1.54) is 25.3 Å². The Bertz CT molecular complexity index is 1020. The molecule has 0 bridgehead atoms. The van der Waals surface area contributed by atoms with Crippen molar-refractivity contribution < 1.29 is 17.3 Å². The number of aromatic nitrogens is 1. The molecule has 124 valence electrons. The van der Waals surface area contributed by atoms with Crippen LogP contribution in [0.4, 0.5) is 0 Å². The Morgan fingerprint density at radius 2 is 1.83 bits per heavy atom. The van der Waals surface area contributed by atoms with Crippen molar-refractivity contribution in [1.82, 2.24) is 4.98 Å². The molecule has 0 spiro atoms. The molecule has 0 saturated heterocycles. The van der Waals surface area contributed by atoms with Crippen LogP contribution in [0.5, 0.6) is 11.5 Å². The van der Waals surface area contributed by atoms with Gasteiger partial charge in [0.15, 0.2) is 5.75 Å². The maximum absolute atomic E-state index is 12.6. The molecular formula is C17H14ClNO4S. The largest absolute Gasteiger partial charge is 0.496 e. The van der Waals surface area contributed by atoms with Gasteiger partial charge in [-0.3, -0.25) is 4.98 Å². The van der Waals surface area contributed by atoms with Crippen LogP contribution in [0.15, 0.2) is 53.6 Å². The van der Waals surface area contributed by atoms with Gasteiger partial charge >= 0.3 is 10.1 Å². The van der Waals surface area contributed by atoms with E-state index in [9.17, 15) is 8.42 Å². The van der Waals surface area contributed by atoms with Crippen molar-refractivity contribution in [3.05, 3.63) is 59.2 Å². The highest BCUT2D eigenvalue weighted by Gasteiger charge is 2.20. The second-order valence-electron chi connectivity index (χ2n) is 5.11. The molecular weight excluding hydrogens is 350 g/mol. The summed E-state index contributed by atoms with van der Waals surface area (Å²) in [6, 6.07) is 11.1. The third-order valence-electron chi connectivity index (χ3n) is 3.53. The first kappa shape index (κ1) is 16.5. The molecule has 0 unspecified atom stereocenters. The molecule has 0 N–H and O–H groups in total. The summed E-state index contributed by atoms with van der Waals surface area (Å²) in [6.45, 7) is 1.76. The summed E-state index contributed by atoms with van der Waals surface area (Å²) >= 11 is 6.11. The predicted octanol–water partition coefficient (Wildman–Crippen LogP) is 3.97. The lowest BCUT2D eigenvalue weighted by Crippen LogP contribution is -2.10. The molecule has 0 atom stereocenters.